The molecule has 0 aliphatic rings. The molecule has 0 unspecified atom stereocenters. The number of phenols is 1. The molecule has 120 valence electrons. The van der Waals surface area contributed by atoms with Gasteiger partial charge < -0.3 is 14.5 Å². The number of hydrogen-bond acceptors (Lipinski definition) is 3. The summed E-state index contributed by atoms with van der Waals surface area (Å²) in [5.41, 5.74) is 1.97. The molecule has 0 aliphatic carbocycles. The Morgan fingerprint density at radius 1 is 0.840 bits per heavy atom. The van der Waals surface area contributed by atoms with Gasteiger partial charge in [0.25, 0.3) is 0 Å². The maximum Gasteiger partial charge on any atom is 0.344 e. The topological polar surface area (TPSA) is 66.2 Å². The standard InChI is InChI=1S/C21H13NO3/c23-19-9-12-5-1-2-6-13(12)15-10-16(21(24)25-20(15)19)17-11-22-18-8-4-3-7-14(17)18/h1-11,22-23H. The first-order valence-electron chi connectivity index (χ1n) is 7.97. The summed E-state index contributed by atoms with van der Waals surface area (Å²) in [6.45, 7) is 0. The van der Waals surface area contributed by atoms with Gasteiger partial charge in [-0.05, 0) is 29.0 Å². The molecule has 3 aromatic carbocycles. The van der Waals surface area contributed by atoms with Gasteiger partial charge in [-0.3, -0.25) is 0 Å². The summed E-state index contributed by atoms with van der Waals surface area (Å²) in [4.78, 5) is 15.8. The highest BCUT2D eigenvalue weighted by Gasteiger charge is 2.15. The molecular weight excluding hydrogens is 314 g/mol. The van der Waals surface area contributed by atoms with Crippen LogP contribution in [0.4, 0.5) is 0 Å². The molecule has 0 atom stereocenters. The molecule has 4 nitrogen and oxygen atoms in total. The third-order valence-corrected chi connectivity index (χ3v) is 4.60. The van der Waals surface area contributed by atoms with Crippen molar-refractivity contribution < 1.29 is 9.52 Å². The molecule has 0 aliphatic heterocycles. The van der Waals surface area contributed by atoms with E-state index in [0.29, 0.717) is 5.56 Å². The number of rotatable bonds is 1. The predicted octanol–water partition coefficient (Wildman–Crippen LogP) is 4.80. The molecule has 0 fully saturated rings. The van der Waals surface area contributed by atoms with Crippen LogP contribution in [0.2, 0.25) is 0 Å². The number of hydrogen-bond donors (Lipinski definition) is 2. The highest BCUT2D eigenvalue weighted by molar-refractivity contribution is 6.09. The Balaban J connectivity index is 1.92. The van der Waals surface area contributed by atoms with E-state index in [1.54, 1.807) is 12.1 Å². The minimum absolute atomic E-state index is 0.0312. The quantitative estimate of drug-likeness (QED) is 0.343. The lowest BCUT2D eigenvalue weighted by Crippen LogP contribution is -2.02. The number of phenolic OH excluding ortho intramolecular Hbond substituents is 1. The molecule has 4 heteroatoms. The summed E-state index contributed by atoms with van der Waals surface area (Å²) in [5.74, 6) is -0.0312. The zero-order valence-electron chi connectivity index (χ0n) is 13.1. The van der Waals surface area contributed by atoms with Crippen LogP contribution < -0.4 is 5.63 Å². The highest BCUT2D eigenvalue weighted by atomic mass is 16.4. The third-order valence-electron chi connectivity index (χ3n) is 4.60. The summed E-state index contributed by atoms with van der Waals surface area (Å²) in [6, 6.07) is 18.9. The number of aromatic hydroxyl groups is 1. The first-order chi connectivity index (χ1) is 12.2. The van der Waals surface area contributed by atoms with Crippen molar-refractivity contribution in [2.24, 2.45) is 0 Å². The molecule has 5 rings (SSSR count). The maximum atomic E-state index is 12.6. The van der Waals surface area contributed by atoms with Crippen molar-refractivity contribution in [2.75, 3.05) is 0 Å². The van der Waals surface area contributed by atoms with Gasteiger partial charge in [0.05, 0.1) is 5.56 Å². The summed E-state index contributed by atoms with van der Waals surface area (Å²) < 4.78 is 5.48. The molecule has 5 aromatic rings. The van der Waals surface area contributed by atoms with E-state index in [1.807, 2.05) is 54.7 Å². The number of aromatic nitrogens is 1. The lowest BCUT2D eigenvalue weighted by atomic mass is 10.0. The van der Waals surface area contributed by atoms with Crippen molar-refractivity contribution in [3.05, 3.63) is 77.3 Å². The SMILES string of the molecule is O=c1oc2c(O)cc3ccccc3c2cc1-c1c[nH]c2ccccc12. The van der Waals surface area contributed by atoms with Crippen molar-refractivity contribution in [3.63, 3.8) is 0 Å². The van der Waals surface area contributed by atoms with Crippen molar-refractivity contribution in [1.29, 1.82) is 0 Å². The van der Waals surface area contributed by atoms with E-state index in [-0.39, 0.29) is 11.3 Å². The zero-order chi connectivity index (χ0) is 17.0. The second-order valence-corrected chi connectivity index (χ2v) is 6.06. The summed E-state index contributed by atoms with van der Waals surface area (Å²) in [5, 5.41) is 13.7. The third kappa shape index (κ3) is 1.97. The minimum atomic E-state index is -0.470. The van der Waals surface area contributed by atoms with Gasteiger partial charge in [0.1, 0.15) is 0 Å². The second-order valence-electron chi connectivity index (χ2n) is 6.06. The number of aromatic amines is 1. The zero-order valence-corrected chi connectivity index (χ0v) is 13.1. The Morgan fingerprint density at radius 3 is 2.48 bits per heavy atom. The number of nitrogens with one attached hydrogen (secondary N) is 1. The number of benzene rings is 3. The highest BCUT2D eigenvalue weighted by Crippen LogP contribution is 2.35. The van der Waals surface area contributed by atoms with E-state index >= 15 is 0 Å². The monoisotopic (exact) mass is 327 g/mol. The van der Waals surface area contributed by atoms with E-state index < -0.39 is 5.63 Å². The van der Waals surface area contributed by atoms with Crippen molar-refractivity contribution in [3.8, 4) is 16.9 Å². The summed E-state index contributed by atoms with van der Waals surface area (Å²) >= 11 is 0. The molecule has 0 amide bonds. The Hall–Kier alpha value is -3.53. The van der Waals surface area contributed by atoms with Gasteiger partial charge in [0.2, 0.25) is 0 Å². The fourth-order valence-electron chi connectivity index (χ4n) is 3.42. The van der Waals surface area contributed by atoms with E-state index in [4.69, 9.17) is 4.42 Å². The Morgan fingerprint density at radius 2 is 1.60 bits per heavy atom. The van der Waals surface area contributed by atoms with Gasteiger partial charge in [0, 0.05) is 28.0 Å². The Bertz CT molecular complexity index is 1330. The van der Waals surface area contributed by atoms with E-state index in [2.05, 4.69) is 4.98 Å². The van der Waals surface area contributed by atoms with Crippen LogP contribution in [0, 0.1) is 0 Å². The Labute approximate surface area is 142 Å². The average molecular weight is 327 g/mol. The molecule has 2 heterocycles. The van der Waals surface area contributed by atoms with E-state index in [0.717, 1.165) is 32.6 Å². The van der Waals surface area contributed by atoms with Crippen LogP contribution in [0.1, 0.15) is 0 Å². The number of H-pyrrole nitrogens is 1. The van der Waals surface area contributed by atoms with Gasteiger partial charge in [0.15, 0.2) is 11.3 Å². The maximum absolute atomic E-state index is 12.6. The van der Waals surface area contributed by atoms with Gasteiger partial charge in [-0.1, -0.05) is 42.5 Å². The van der Waals surface area contributed by atoms with Gasteiger partial charge in [-0.25, -0.2) is 4.79 Å². The van der Waals surface area contributed by atoms with Crippen LogP contribution in [0.5, 0.6) is 5.75 Å². The van der Waals surface area contributed by atoms with Crippen molar-refractivity contribution in [1.82, 2.24) is 4.98 Å². The molecular formula is C21H13NO3. The molecule has 0 bridgehead atoms. The molecule has 25 heavy (non-hydrogen) atoms. The summed E-state index contributed by atoms with van der Waals surface area (Å²) in [6.07, 6.45) is 1.81. The van der Waals surface area contributed by atoms with Gasteiger partial charge >= 0.3 is 5.63 Å². The first-order valence-corrected chi connectivity index (χ1v) is 7.97. The molecule has 0 radical (unpaired) electrons. The predicted molar refractivity (Wildman–Crippen MR) is 98.9 cm³/mol. The number of para-hydroxylation sites is 1. The van der Waals surface area contributed by atoms with Crippen LogP contribution in [-0.4, -0.2) is 10.1 Å². The normalized spacial score (nSPS) is 11.5. The Kier molecular flexibility index (Phi) is 2.76. The van der Waals surface area contributed by atoms with Crippen LogP contribution >= 0.6 is 0 Å². The minimum Gasteiger partial charge on any atom is -0.504 e. The first kappa shape index (κ1) is 13.9. The smallest absolute Gasteiger partial charge is 0.344 e. The van der Waals surface area contributed by atoms with Crippen LogP contribution in [0.25, 0.3) is 43.8 Å². The van der Waals surface area contributed by atoms with Crippen molar-refractivity contribution >= 4 is 32.6 Å². The fraction of sp³-hybridized carbons (Fsp3) is 0. The summed E-state index contributed by atoms with van der Waals surface area (Å²) in [7, 11) is 0. The van der Waals surface area contributed by atoms with Gasteiger partial charge in [-0.2, -0.15) is 0 Å². The van der Waals surface area contributed by atoms with Crippen LogP contribution in [0.3, 0.4) is 0 Å². The second kappa shape index (κ2) is 4.98. The van der Waals surface area contributed by atoms with Crippen molar-refractivity contribution in [2.45, 2.75) is 0 Å². The average Bonchev–Trinajstić information content (AvgIpc) is 3.06. The largest absolute Gasteiger partial charge is 0.504 e. The van der Waals surface area contributed by atoms with E-state index in [1.165, 1.54) is 0 Å². The van der Waals surface area contributed by atoms with Gasteiger partial charge in [-0.15, -0.1) is 0 Å². The van der Waals surface area contributed by atoms with Crippen LogP contribution in [0.15, 0.2) is 76.1 Å². The lowest BCUT2D eigenvalue weighted by molar-refractivity contribution is 0.458. The molecule has 2 N–H and O–H groups in total. The molecule has 0 spiro atoms. The molecule has 0 saturated carbocycles. The fourth-order valence-corrected chi connectivity index (χ4v) is 3.42. The number of fused-ring (bicyclic) bond motifs is 4. The molecule has 2 aromatic heterocycles. The van der Waals surface area contributed by atoms with Crippen LogP contribution in [-0.2, 0) is 0 Å². The molecule has 0 saturated heterocycles. The van der Waals surface area contributed by atoms with E-state index in [9.17, 15) is 9.90 Å². The lowest BCUT2D eigenvalue weighted by Gasteiger charge is -2.07.